The largest absolute Gasteiger partial charge is 0.497 e. The highest BCUT2D eigenvalue weighted by atomic mass is 16.5. The Morgan fingerprint density at radius 3 is 2.52 bits per heavy atom. The molecule has 0 heterocycles. The fourth-order valence-electron chi connectivity index (χ4n) is 3.69. The van der Waals surface area contributed by atoms with Gasteiger partial charge in [-0.2, -0.15) is 0 Å². The van der Waals surface area contributed by atoms with Crippen molar-refractivity contribution in [2.75, 3.05) is 20.8 Å². The van der Waals surface area contributed by atoms with E-state index in [1.54, 1.807) is 44.6 Å². The molecule has 156 valence electrons. The van der Waals surface area contributed by atoms with Gasteiger partial charge in [0.25, 0.3) is 0 Å². The van der Waals surface area contributed by atoms with Crippen molar-refractivity contribution in [3.05, 3.63) is 89.0 Å². The molecule has 0 fully saturated rings. The van der Waals surface area contributed by atoms with Crippen molar-refractivity contribution < 1.29 is 23.8 Å². The molecule has 0 aromatic heterocycles. The molecule has 0 atom stereocenters. The molecule has 1 aliphatic carbocycles. The quantitative estimate of drug-likeness (QED) is 0.249. The number of methoxy groups -OCH3 is 2. The van der Waals surface area contributed by atoms with E-state index >= 15 is 0 Å². The van der Waals surface area contributed by atoms with Crippen LogP contribution in [0.4, 0.5) is 0 Å². The van der Waals surface area contributed by atoms with Gasteiger partial charge in [0, 0.05) is 17.2 Å². The van der Waals surface area contributed by atoms with Crippen LogP contribution in [0.15, 0.2) is 66.7 Å². The van der Waals surface area contributed by atoms with E-state index < -0.39 is 5.97 Å². The molecular weight excluding hydrogens is 392 g/mol. The van der Waals surface area contributed by atoms with E-state index in [2.05, 4.69) is 12.1 Å². The first-order valence-electron chi connectivity index (χ1n) is 9.90. The van der Waals surface area contributed by atoms with Crippen molar-refractivity contribution in [3.8, 4) is 22.6 Å². The molecule has 5 heteroatoms. The van der Waals surface area contributed by atoms with E-state index in [4.69, 9.17) is 14.2 Å². The number of carbonyl (C=O) groups is 2. The number of benzene rings is 3. The Kier molecular flexibility index (Phi) is 5.85. The van der Waals surface area contributed by atoms with Gasteiger partial charge in [-0.15, -0.1) is 0 Å². The Hall–Kier alpha value is -3.86. The number of Topliss-reactive ketones (excluding diaryl/α,β-unsaturated/α-hetero) is 1. The van der Waals surface area contributed by atoms with E-state index in [1.165, 1.54) is 17.2 Å². The summed E-state index contributed by atoms with van der Waals surface area (Å²) in [7, 11) is 3.11. The van der Waals surface area contributed by atoms with Crippen molar-refractivity contribution >= 4 is 17.8 Å². The fraction of sp³-hybridized carbons (Fsp3) is 0.154. The summed E-state index contributed by atoms with van der Waals surface area (Å²) in [5.74, 6) is 0.388. The Labute approximate surface area is 180 Å². The van der Waals surface area contributed by atoms with Crippen LogP contribution < -0.4 is 9.47 Å². The normalized spacial score (nSPS) is 11.7. The van der Waals surface area contributed by atoms with E-state index in [0.29, 0.717) is 22.6 Å². The zero-order valence-electron chi connectivity index (χ0n) is 17.4. The molecular formula is C26H22O5. The smallest absolute Gasteiger partial charge is 0.331 e. The zero-order chi connectivity index (χ0) is 21.8. The molecule has 0 spiro atoms. The summed E-state index contributed by atoms with van der Waals surface area (Å²) in [4.78, 5) is 24.7. The number of ether oxygens (including phenoxy) is 3. The van der Waals surface area contributed by atoms with Crippen LogP contribution in [0.2, 0.25) is 0 Å². The first-order chi connectivity index (χ1) is 15.1. The van der Waals surface area contributed by atoms with Crippen LogP contribution >= 0.6 is 0 Å². The van der Waals surface area contributed by atoms with Gasteiger partial charge in [-0.25, -0.2) is 4.79 Å². The predicted octanol–water partition coefficient (Wildman–Crippen LogP) is 4.71. The monoisotopic (exact) mass is 414 g/mol. The van der Waals surface area contributed by atoms with Gasteiger partial charge in [0.1, 0.15) is 11.5 Å². The minimum absolute atomic E-state index is 0.243. The summed E-state index contributed by atoms with van der Waals surface area (Å²) in [6.45, 7) is -0.321. The molecule has 0 N–H and O–H groups in total. The van der Waals surface area contributed by atoms with Gasteiger partial charge in [0.2, 0.25) is 0 Å². The van der Waals surface area contributed by atoms with Crippen LogP contribution in [0.5, 0.6) is 11.5 Å². The Balaban J connectivity index is 1.41. The van der Waals surface area contributed by atoms with Crippen molar-refractivity contribution in [2.24, 2.45) is 0 Å². The van der Waals surface area contributed by atoms with E-state index in [0.717, 1.165) is 17.5 Å². The van der Waals surface area contributed by atoms with Crippen molar-refractivity contribution in [1.29, 1.82) is 0 Å². The maximum atomic E-state index is 12.6. The highest BCUT2D eigenvalue weighted by Crippen LogP contribution is 2.36. The van der Waals surface area contributed by atoms with Gasteiger partial charge in [0.05, 0.1) is 14.2 Å². The van der Waals surface area contributed by atoms with Gasteiger partial charge >= 0.3 is 5.97 Å². The first-order valence-corrected chi connectivity index (χ1v) is 9.90. The fourth-order valence-corrected chi connectivity index (χ4v) is 3.69. The van der Waals surface area contributed by atoms with Crippen molar-refractivity contribution in [3.63, 3.8) is 0 Å². The van der Waals surface area contributed by atoms with Crippen LogP contribution in [0.25, 0.3) is 17.2 Å². The molecule has 31 heavy (non-hydrogen) atoms. The molecule has 0 amide bonds. The summed E-state index contributed by atoms with van der Waals surface area (Å²) in [5, 5.41) is 0. The van der Waals surface area contributed by atoms with Crippen LogP contribution in [0.3, 0.4) is 0 Å². The summed E-state index contributed by atoms with van der Waals surface area (Å²) in [6.07, 6.45) is 3.71. The summed E-state index contributed by atoms with van der Waals surface area (Å²) in [5.41, 5.74) is 5.87. The predicted molar refractivity (Wildman–Crippen MR) is 119 cm³/mol. The van der Waals surface area contributed by atoms with E-state index in [-0.39, 0.29) is 12.4 Å². The minimum atomic E-state index is -0.607. The second kappa shape index (κ2) is 8.88. The van der Waals surface area contributed by atoms with Gasteiger partial charge in [0.15, 0.2) is 12.4 Å². The molecule has 0 radical (unpaired) electrons. The van der Waals surface area contributed by atoms with Crippen LogP contribution in [-0.4, -0.2) is 32.6 Å². The number of hydrogen-bond donors (Lipinski definition) is 0. The summed E-state index contributed by atoms with van der Waals surface area (Å²) < 4.78 is 15.6. The lowest BCUT2D eigenvalue weighted by Crippen LogP contribution is -2.12. The van der Waals surface area contributed by atoms with Crippen LogP contribution in [-0.2, 0) is 16.0 Å². The molecule has 4 rings (SSSR count). The molecule has 3 aromatic carbocycles. The third kappa shape index (κ3) is 4.36. The number of esters is 1. The maximum Gasteiger partial charge on any atom is 0.331 e. The standard InChI is InChI=1S/C26H22O5/c1-29-21-10-11-25(30-2)20(14-21)9-12-26(28)31-16-24(27)19-8-7-18-13-17-5-3-4-6-22(17)23(18)15-19/h3-12,14-15H,13,16H2,1-2H3/b12-9+. The number of rotatable bonds is 7. The number of ketones is 1. The van der Waals surface area contributed by atoms with E-state index in [1.807, 2.05) is 24.3 Å². The lowest BCUT2D eigenvalue weighted by molar-refractivity contribution is -0.136. The van der Waals surface area contributed by atoms with Crippen molar-refractivity contribution in [1.82, 2.24) is 0 Å². The molecule has 0 saturated carbocycles. The second-order valence-corrected chi connectivity index (χ2v) is 7.18. The number of fused-ring (bicyclic) bond motifs is 3. The Bertz CT molecular complexity index is 1180. The third-order valence-electron chi connectivity index (χ3n) is 5.30. The minimum Gasteiger partial charge on any atom is -0.497 e. The lowest BCUT2D eigenvalue weighted by Gasteiger charge is -2.07. The SMILES string of the molecule is COc1ccc(OC)c(/C=C/C(=O)OCC(=O)c2ccc3c(c2)-c2ccccc2C3)c1. The second-order valence-electron chi connectivity index (χ2n) is 7.18. The number of hydrogen-bond acceptors (Lipinski definition) is 5. The lowest BCUT2D eigenvalue weighted by atomic mass is 10.0. The average molecular weight is 414 g/mol. The van der Waals surface area contributed by atoms with Crippen molar-refractivity contribution in [2.45, 2.75) is 6.42 Å². The Morgan fingerprint density at radius 1 is 0.903 bits per heavy atom. The van der Waals surface area contributed by atoms with Crippen LogP contribution in [0.1, 0.15) is 27.0 Å². The first kappa shape index (κ1) is 20.4. The molecule has 3 aromatic rings. The average Bonchev–Trinajstić information content (AvgIpc) is 3.18. The summed E-state index contributed by atoms with van der Waals surface area (Å²) in [6, 6.07) is 19.1. The van der Waals surface area contributed by atoms with Gasteiger partial charge < -0.3 is 14.2 Å². The highest BCUT2D eigenvalue weighted by Gasteiger charge is 2.19. The topological polar surface area (TPSA) is 61.8 Å². The van der Waals surface area contributed by atoms with Crippen LogP contribution in [0, 0.1) is 0 Å². The molecule has 0 aliphatic heterocycles. The molecule has 0 unspecified atom stereocenters. The third-order valence-corrected chi connectivity index (χ3v) is 5.30. The summed E-state index contributed by atoms with van der Waals surface area (Å²) >= 11 is 0. The van der Waals surface area contributed by atoms with Gasteiger partial charge in [-0.3, -0.25) is 4.79 Å². The zero-order valence-corrected chi connectivity index (χ0v) is 17.4. The van der Waals surface area contributed by atoms with Gasteiger partial charge in [-0.05, 0) is 59.0 Å². The highest BCUT2D eigenvalue weighted by molar-refractivity contribution is 6.00. The number of carbonyl (C=O) groups excluding carboxylic acids is 2. The molecule has 0 bridgehead atoms. The van der Waals surface area contributed by atoms with Gasteiger partial charge in [-0.1, -0.05) is 36.4 Å². The Morgan fingerprint density at radius 2 is 1.71 bits per heavy atom. The molecule has 1 aliphatic rings. The molecule has 5 nitrogen and oxygen atoms in total. The molecule has 0 saturated heterocycles. The maximum absolute atomic E-state index is 12.6. The van der Waals surface area contributed by atoms with E-state index in [9.17, 15) is 9.59 Å².